The van der Waals surface area contributed by atoms with Crippen LogP contribution in [-0.2, 0) is 13.6 Å². The lowest BCUT2D eigenvalue weighted by atomic mass is 10.1. The van der Waals surface area contributed by atoms with Gasteiger partial charge in [-0.2, -0.15) is 5.26 Å². The highest BCUT2D eigenvalue weighted by atomic mass is 16.3. The fourth-order valence-electron chi connectivity index (χ4n) is 2.58. The van der Waals surface area contributed by atoms with Crippen LogP contribution < -0.4 is 10.6 Å². The summed E-state index contributed by atoms with van der Waals surface area (Å²) in [6, 6.07) is 9.54. The van der Waals surface area contributed by atoms with Gasteiger partial charge >= 0.3 is 0 Å². The summed E-state index contributed by atoms with van der Waals surface area (Å²) in [5, 5.41) is 23.9. The van der Waals surface area contributed by atoms with Crippen molar-refractivity contribution in [3.8, 4) is 6.07 Å². The Bertz CT molecular complexity index is 787. The van der Waals surface area contributed by atoms with E-state index in [0.717, 1.165) is 22.5 Å². The first-order chi connectivity index (χ1) is 11.5. The number of anilines is 1. The van der Waals surface area contributed by atoms with E-state index in [9.17, 15) is 4.79 Å². The van der Waals surface area contributed by atoms with Crippen molar-refractivity contribution in [2.75, 3.05) is 18.5 Å². The molecular formula is C18H22N4O2. The molecule has 1 amide bonds. The smallest absolute Gasteiger partial charge is 0.251 e. The maximum atomic E-state index is 12.1. The van der Waals surface area contributed by atoms with Crippen molar-refractivity contribution < 1.29 is 9.90 Å². The monoisotopic (exact) mass is 326 g/mol. The molecule has 0 spiro atoms. The van der Waals surface area contributed by atoms with Crippen molar-refractivity contribution >= 4 is 11.6 Å². The summed E-state index contributed by atoms with van der Waals surface area (Å²) in [6.45, 7) is 4.58. The third kappa shape index (κ3) is 3.58. The summed E-state index contributed by atoms with van der Waals surface area (Å²) in [4.78, 5) is 12.1. The van der Waals surface area contributed by atoms with Gasteiger partial charge in [0.05, 0.1) is 6.61 Å². The normalized spacial score (nSPS) is 10.3. The highest BCUT2D eigenvalue weighted by Gasteiger charge is 2.12. The lowest BCUT2D eigenvalue weighted by Crippen LogP contribution is -2.27. The van der Waals surface area contributed by atoms with E-state index in [1.807, 2.05) is 43.7 Å². The van der Waals surface area contributed by atoms with Gasteiger partial charge < -0.3 is 20.3 Å². The van der Waals surface area contributed by atoms with Gasteiger partial charge in [-0.25, -0.2) is 0 Å². The minimum atomic E-state index is -0.201. The van der Waals surface area contributed by atoms with Crippen LogP contribution in [0, 0.1) is 25.2 Å². The number of amides is 1. The van der Waals surface area contributed by atoms with Crippen molar-refractivity contribution in [3.63, 3.8) is 0 Å². The van der Waals surface area contributed by atoms with E-state index in [-0.39, 0.29) is 19.1 Å². The fourth-order valence-corrected chi connectivity index (χ4v) is 2.58. The molecular weight excluding hydrogens is 304 g/mol. The summed E-state index contributed by atoms with van der Waals surface area (Å²) in [6.07, 6.45) is 0. The average molecular weight is 326 g/mol. The highest BCUT2D eigenvalue weighted by Crippen LogP contribution is 2.21. The SMILES string of the molecule is Cc1c(NCc2cc(C#N)n(C)c2C)cccc1C(=O)NCCO. The third-order valence-electron chi connectivity index (χ3n) is 4.20. The summed E-state index contributed by atoms with van der Waals surface area (Å²) < 4.78 is 1.86. The standard InChI is InChI=1S/C18H22N4O2/c1-12-16(18(24)20-7-8-23)5-4-6-17(12)21-11-14-9-15(10-19)22(3)13(14)2/h4-6,9,21,23H,7-8,11H2,1-3H3,(H,20,24). The molecule has 2 rings (SSSR count). The van der Waals surface area contributed by atoms with Gasteiger partial charge in [0.15, 0.2) is 0 Å². The largest absolute Gasteiger partial charge is 0.395 e. The number of nitrogens with one attached hydrogen (secondary N) is 2. The number of aliphatic hydroxyl groups is 1. The molecule has 126 valence electrons. The molecule has 6 nitrogen and oxygen atoms in total. The molecule has 0 aliphatic carbocycles. The quantitative estimate of drug-likeness (QED) is 0.755. The summed E-state index contributed by atoms with van der Waals surface area (Å²) in [5.41, 5.74) is 5.00. The van der Waals surface area contributed by atoms with Gasteiger partial charge in [-0.1, -0.05) is 6.07 Å². The van der Waals surface area contributed by atoms with Crippen LogP contribution in [0.25, 0.3) is 0 Å². The molecule has 0 radical (unpaired) electrons. The van der Waals surface area contributed by atoms with Crippen molar-refractivity contribution in [1.29, 1.82) is 5.26 Å². The van der Waals surface area contributed by atoms with E-state index < -0.39 is 0 Å². The number of rotatable bonds is 6. The Morgan fingerprint density at radius 1 is 1.38 bits per heavy atom. The van der Waals surface area contributed by atoms with Crippen LogP contribution in [0.5, 0.6) is 0 Å². The number of carbonyl (C=O) groups excluding carboxylic acids is 1. The molecule has 24 heavy (non-hydrogen) atoms. The van der Waals surface area contributed by atoms with E-state index >= 15 is 0 Å². The number of hydrogen-bond acceptors (Lipinski definition) is 4. The van der Waals surface area contributed by atoms with Crippen molar-refractivity contribution in [2.45, 2.75) is 20.4 Å². The van der Waals surface area contributed by atoms with E-state index in [4.69, 9.17) is 10.4 Å². The van der Waals surface area contributed by atoms with Gasteiger partial charge in [-0.15, -0.1) is 0 Å². The molecule has 1 heterocycles. The Balaban J connectivity index is 2.17. The Morgan fingerprint density at radius 2 is 2.12 bits per heavy atom. The predicted molar refractivity (Wildman–Crippen MR) is 92.8 cm³/mol. The van der Waals surface area contributed by atoms with Crippen LogP contribution >= 0.6 is 0 Å². The zero-order valence-electron chi connectivity index (χ0n) is 14.2. The molecule has 1 aromatic carbocycles. The lowest BCUT2D eigenvalue weighted by molar-refractivity contribution is 0.0944. The van der Waals surface area contributed by atoms with Gasteiger partial charge in [0.2, 0.25) is 0 Å². The molecule has 0 atom stereocenters. The van der Waals surface area contributed by atoms with Crippen molar-refractivity contribution in [2.24, 2.45) is 7.05 Å². The number of nitriles is 1. The Labute approximate surface area is 141 Å². The van der Waals surface area contributed by atoms with Gasteiger partial charge in [-0.05, 0) is 43.2 Å². The first-order valence-corrected chi connectivity index (χ1v) is 7.77. The van der Waals surface area contributed by atoms with Crippen molar-refractivity contribution in [1.82, 2.24) is 9.88 Å². The molecule has 3 N–H and O–H groups in total. The minimum Gasteiger partial charge on any atom is -0.395 e. The van der Waals surface area contributed by atoms with Crippen LogP contribution in [0.3, 0.4) is 0 Å². The molecule has 0 fully saturated rings. The molecule has 0 aliphatic heterocycles. The first-order valence-electron chi connectivity index (χ1n) is 7.77. The van der Waals surface area contributed by atoms with Gasteiger partial charge in [0, 0.05) is 37.1 Å². The van der Waals surface area contributed by atoms with Crippen LogP contribution in [0.1, 0.15) is 32.9 Å². The Morgan fingerprint density at radius 3 is 2.75 bits per heavy atom. The topological polar surface area (TPSA) is 90.1 Å². The second kappa shape index (κ2) is 7.66. The first kappa shape index (κ1) is 17.6. The second-order valence-electron chi connectivity index (χ2n) is 5.62. The third-order valence-corrected chi connectivity index (χ3v) is 4.20. The number of aliphatic hydroxyl groups excluding tert-OH is 1. The molecule has 0 unspecified atom stereocenters. The number of carbonyl (C=O) groups is 1. The number of aromatic nitrogens is 1. The maximum Gasteiger partial charge on any atom is 0.251 e. The molecule has 0 bridgehead atoms. The number of hydrogen-bond donors (Lipinski definition) is 3. The molecule has 0 aliphatic rings. The van der Waals surface area contributed by atoms with Crippen LogP contribution in [0.4, 0.5) is 5.69 Å². The number of benzene rings is 1. The maximum absolute atomic E-state index is 12.1. The molecule has 1 aromatic heterocycles. The number of nitrogens with zero attached hydrogens (tertiary/aromatic N) is 2. The van der Waals surface area contributed by atoms with Crippen LogP contribution in [0.15, 0.2) is 24.3 Å². The van der Waals surface area contributed by atoms with Gasteiger partial charge in [-0.3, -0.25) is 4.79 Å². The van der Waals surface area contributed by atoms with Gasteiger partial charge in [0.25, 0.3) is 5.91 Å². The summed E-state index contributed by atoms with van der Waals surface area (Å²) in [7, 11) is 1.87. The van der Waals surface area contributed by atoms with Crippen molar-refractivity contribution in [3.05, 3.63) is 52.3 Å². The molecule has 6 heteroatoms. The van der Waals surface area contributed by atoms with E-state index in [1.165, 1.54) is 0 Å². The van der Waals surface area contributed by atoms with E-state index in [0.29, 0.717) is 17.8 Å². The highest BCUT2D eigenvalue weighted by molar-refractivity contribution is 5.97. The molecule has 0 saturated carbocycles. The molecule has 2 aromatic rings. The minimum absolute atomic E-state index is 0.0861. The van der Waals surface area contributed by atoms with Crippen LogP contribution in [-0.4, -0.2) is 28.7 Å². The average Bonchev–Trinajstić information content (AvgIpc) is 2.86. The van der Waals surface area contributed by atoms with E-state index in [1.54, 1.807) is 6.07 Å². The summed E-state index contributed by atoms with van der Waals surface area (Å²) in [5.74, 6) is -0.201. The Hall–Kier alpha value is -2.78. The zero-order valence-corrected chi connectivity index (χ0v) is 14.2. The van der Waals surface area contributed by atoms with Gasteiger partial charge in [0.1, 0.15) is 11.8 Å². The van der Waals surface area contributed by atoms with E-state index in [2.05, 4.69) is 16.7 Å². The Kier molecular flexibility index (Phi) is 5.61. The summed E-state index contributed by atoms with van der Waals surface area (Å²) >= 11 is 0. The zero-order chi connectivity index (χ0) is 17.7. The fraction of sp³-hybridized carbons (Fsp3) is 0.333. The predicted octanol–water partition coefficient (Wildman–Crippen LogP) is 1.85. The van der Waals surface area contributed by atoms with Crippen LogP contribution in [0.2, 0.25) is 0 Å². The molecule has 0 saturated heterocycles. The second-order valence-corrected chi connectivity index (χ2v) is 5.62. The lowest BCUT2D eigenvalue weighted by Gasteiger charge is -2.13.